The smallest absolute Gasteiger partial charge is 0.412 e. The van der Waals surface area contributed by atoms with Crippen LogP contribution >= 0.6 is 11.8 Å². The van der Waals surface area contributed by atoms with Crippen molar-refractivity contribution < 1.29 is 29.3 Å². The molecule has 1 amide bonds. The van der Waals surface area contributed by atoms with Crippen LogP contribution in [0.3, 0.4) is 0 Å². The molecule has 0 aliphatic heterocycles. The fourth-order valence-corrected chi connectivity index (χ4v) is 3.53. The number of ether oxygens (including phenoxy) is 2. The summed E-state index contributed by atoms with van der Waals surface area (Å²) >= 11 is 1.61. The van der Waals surface area contributed by atoms with Gasteiger partial charge in [-0.1, -0.05) is 31.2 Å². The summed E-state index contributed by atoms with van der Waals surface area (Å²) in [5.41, 5.74) is 1.30. The fraction of sp³-hybridized carbons (Fsp3) is 0.333. The lowest BCUT2D eigenvalue weighted by Gasteiger charge is -2.26. The summed E-state index contributed by atoms with van der Waals surface area (Å²) in [4.78, 5) is 24.5. The van der Waals surface area contributed by atoms with Gasteiger partial charge >= 0.3 is 12.1 Å². The van der Waals surface area contributed by atoms with Gasteiger partial charge in [-0.25, -0.2) is 9.59 Å². The summed E-state index contributed by atoms with van der Waals surface area (Å²) in [7, 11) is 0. The van der Waals surface area contributed by atoms with E-state index in [-0.39, 0.29) is 19.1 Å². The van der Waals surface area contributed by atoms with E-state index in [0.29, 0.717) is 29.8 Å². The van der Waals surface area contributed by atoms with E-state index in [2.05, 4.69) is 5.32 Å². The second-order valence-corrected chi connectivity index (χ2v) is 7.96. The molecule has 0 fully saturated rings. The van der Waals surface area contributed by atoms with Crippen molar-refractivity contribution in [2.24, 2.45) is 5.92 Å². The zero-order valence-corrected chi connectivity index (χ0v) is 19.0. The maximum atomic E-state index is 12.7. The molecule has 0 unspecified atom stereocenters. The van der Waals surface area contributed by atoms with Gasteiger partial charge in [0.1, 0.15) is 18.5 Å². The highest BCUT2D eigenvalue weighted by molar-refractivity contribution is 7.98. The van der Waals surface area contributed by atoms with Crippen LogP contribution in [0, 0.1) is 5.92 Å². The molecule has 0 spiro atoms. The molecular formula is C24H29NO6S. The summed E-state index contributed by atoms with van der Waals surface area (Å²) in [6.45, 7) is 1.91. The summed E-state index contributed by atoms with van der Waals surface area (Å²) in [6, 6.07) is 14.6. The van der Waals surface area contributed by atoms with Gasteiger partial charge in [-0.3, -0.25) is 5.32 Å². The van der Waals surface area contributed by atoms with Gasteiger partial charge in [-0.15, -0.1) is 11.8 Å². The number of carboxylic acid groups (broad SMARTS) is 1. The Morgan fingerprint density at radius 3 is 2.53 bits per heavy atom. The van der Waals surface area contributed by atoms with Crippen LogP contribution in [-0.2, 0) is 9.53 Å². The molecular weight excluding hydrogens is 430 g/mol. The largest absolute Gasteiger partial charge is 0.491 e. The Morgan fingerprint density at radius 2 is 1.88 bits per heavy atom. The minimum atomic E-state index is -1.000. The van der Waals surface area contributed by atoms with Crippen molar-refractivity contribution in [3.05, 3.63) is 66.2 Å². The minimum Gasteiger partial charge on any atom is -0.491 e. The highest BCUT2D eigenvalue weighted by atomic mass is 32.2. The number of amides is 1. The Labute approximate surface area is 192 Å². The molecule has 0 radical (unpaired) electrons. The first kappa shape index (κ1) is 25.3. The molecule has 0 saturated carbocycles. The number of benzene rings is 2. The molecule has 0 aliphatic carbocycles. The van der Waals surface area contributed by atoms with E-state index in [4.69, 9.17) is 19.7 Å². The third-order valence-electron chi connectivity index (χ3n) is 4.71. The number of hydrogen-bond acceptors (Lipinski definition) is 6. The molecule has 172 valence electrons. The molecule has 8 heteroatoms. The van der Waals surface area contributed by atoms with Crippen LogP contribution in [0.15, 0.2) is 65.6 Å². The Bertz CT molecular complexity index is 900. The normalized spacial score (nSPS) is 12.8. The van der Waals surface area contributed by atoms with Crippen molar-refractivity contribution >= 4 is 29.5 Å². The number of carboxylic acids is 1. The van der Waals surface area contributed by atoms with Crippen molar-refractivity contribution in [3.8, 4) is 5.75 Å². The molecule has 0 saturated heterocycles. The van der Waals surface area contributed by atoms with Gasteiger partial charge in [0, 0.05) is 22.2 Å². The summed E-state index contributed by atoms with van der Waals surface area (Å²) in [5, 5.41) is 20.6. The molecule has 2 rings (SSSR count). The predicted molar refractivity (Wildman–Crippen MR) is 125 cm³/mol. The first-order chi connectivity index (χ1) is 15.4. The number of thioether (sulfide) groups is 1. The Morgan fingerprint density at radius 1 is 1.16 bits per heavy atom. The second kappa shape index (κ2) is 13.4. The lowest BCUT2D eigenvalue weighted by molar-refractivity contribution is -0.131. The van der Waals surface area contributed by atoms with Gasteiger partial charge in [0.05, 0.1) is 6.61 Å². The first-order valence-electron chi connectivity index (χ1n) is 10.3. The van der Waals surface area contributed by atoms with Gasteiger partial charge in [0.15, 0.2) is 0 Å². The van der Waals surface area contributed by atoms with Crippen LogP contribution in [-0.4, -0.2) is 41.7 Å². The maximum absolute atomic E-state index is 12.7. The predicted octanol–water partition coefficient (Wildman–Crippen LogP) is 5.13. The number of rotatable bonds is 12. The van der Waals surface area contributed by atoms with Crippen LogP contribution in [0.5, 0.6) is 5.75 Å². The molecule has 0 heterocycles. The highest BCUT2D eigenvalue weighted by Crippen LogP contribution is 2.35. The number of carbonyl (C=O) groups excluding carboxylic acids is 1. The first-order valence-corrected chi connectivity index (χ1v) is 11.5. The fourth-order valence-electron chi connectivity index (χ4n) is 3.12. The minimum absolute atomic E-state index is 0.119. The van der Waals surface area contributed by atoms with E-state index in [1.165, 1.54) is 0 Å². The van der Waals surface area contributed by atoms with Crippen LogP contribution in [0.1, 0.15) is 31.4 Å². The number of para-hydroxylation sites is 1. The zero-order valence-electron chi connectivity index (χ0n) is 18.2. The summed E-state index contributed by atoms with van der Waals surface area (Å²) < 4.78 is 11.5. The van der Waals surface area contributed by atoms with Gasteiger partial charge < -0.3 is 19.7 Å². The Hall–Kier alpha value is -2.97. The van der Waals surface area contributed by atoms with Crippen molar-refractivity contribution in [3.63, 3.8) is 0 Å². The van der Waals surface area contributed by atoms with Crippen LogP contribution < -0.4 is 10.1 Å². The zero-order chi connectivity index (χ0) is 23.3. The lowest BCUT2D eigenvalue weighted by Crippen LogP contribution is -2.22. The second-order valence-electron chi connectivity index (χ2n) is 7.08. The molecule has 2 aromatic carbocycles. The number of anilines is 1. The van der Waals surface area contributed by atoms with Crippen LogP contribution in [0.2, 0.25) is 0 Å². The number of aliphatic hydroxyl groups excluding tert-OH is 1. The standard InChI is InChI=1S/C24H29NO6S/c1-17(7-3-6-10-22(27)28)23(20-8-4-5-9-21(20)30-16-15-26)31-24(29)25-18-11-13-19(32-2)14-12-18/h4-6,8-14,17,23,26H,3,7,15-16H2,1-2H3,(H,25,29)(H,27,28)/b10-6+/t17-,23-/m1/s1. The quantitative estimate of drug-likeness (QED) is 0.299. The number of aliphatic carboxylic acids is 1. The van der Waals surface area contributed by atoms with Crippen molar-refractivity contribution in [2.45, 2.75) is 30.8 Å². The molecule has 0 bridgehead atoms. The third-order valence-corrected chi connectivity index (χ3v) is 5.45. The van der Waals surface area contributed by atoms with Crippen molar-refractivity contribution in [2.75, 3.05) is 24.8 Å². The van der Waals surface area contributed by atoms with E-state index in [1.54, 1.807) is 42.1 Å². The van der Waals surface area contributed by atoms with E-state index in [9.17, 15) is 9.59 Å². The number of hydrogen-bond donors (Lipinski definition) is 3. The molecule has 7 nitrogen and oxygen atoms in total. The molecule has 0 aliphatic rings. The maximum Gasteiger partial charge on any atom is 0.412 e. The SMILES string of the molecule is CSc1ccc(NC(=O)O[C@@H](c2ccccc2OCCO)[C@H](C)CC/C=C/C(=O)O)cc1. The Balaban J connectivity index is 2.19. The van der Waals surface area contributed by atoms with Gasteiger partial charge in [-0.05, 0) is 55.3 Å². The van der Waals surface area contributed by atoms with Crippen LogP contribution in [0.25, 0.3) is 0 Å². The van der Waals surface area contributed by atoms with E-state index >= 15 is 0 Å². The lowest BCUT2D eigenvalue weighted by atomic mass is 9.92. The van der Waals surface area contributed by atoms with Crippen LogP contribution in [0.4, 0.5) is 10.5 Å². The molecule has 2 aromatic rings. The van der Waals surface area contributed by atoms with Crippen molar-refractivity contribution in [1.29, 1.82) is 0 Å². The average molecular weight is 460 g/mol. The monoisotopic (exact) mass is 459 g/mol. The van der Waals surface area contributed by atoms with E-state index in [1.807, 2.05) is 37.4 Å². The van der Waals surface area contributed by atoms with Crippen molar-refractivity contribution in [1.82, 2.24) is 0 Å². The number of aliphatic hydroxyl groups is 1. The molecule has 0 aromatic heterocycles. The number of nitrogens with one attached hydrogen (secondary N) is 1. The molecule has 3 N–H and O–H groups in total. The number of carbonyl (C=O) groups is 2. The number of allylic oxidation sites excluding steroid dienone is 1. The Kier molecular flexibility index (Phi) is 10.6. The average Bonchev–Trinajstić information content (AvgIpc) is 2.79. The van der Waals surface area contributed by atoms with Gasteiger partial charge in [0.25, 0.3) is 0 Å². The summed E-state index contributed by atoms with van der Waals surface area (Å²) in [5.74, 6) is -0.603. The topological polar surface area (TPSA) is 105 Å². The highest BCUT2D eigenvalue weighted by Gasteiger charge is 2.26. The summed E-state index contributed by atoms with van der Waals surface area (Å²) in [6.07, 6.45) is 4.54. The van der Waals surface area contributed by atoms with E-state index < -0.39 is 18.2 Å². The molecule has 32 heavy (non-hydrogen) atoms. The molecule has 2 atom stereocenters. The van der Waals surface area contributed by atoms with Gasteiger partial charge in [-0.2, -0.15) is 0 Å². The van der Waals surface area contributed by atoms with E-state index in [0.717, 1.165) is 11.0 Å². The third kappa shape index (κ3) is 8.28. The van der Waals surface area contributed by atoms with Gasteiger partial charge in [0.2, 0.25) is 0 Å².